The Morgan fingerprint density at radius 3 is 3.05 bits per heavy atom. The van der Waals surface area contributed by atoms with Crippen LogP contribution < -0.4 is 4.74 Å². The Labute approximate surface area is 126 Å². The number of hydrogen-bond donors (Lipinski definition) is 0. The van der Waals surface area contributed by atoms with Crippen LogP contribution in [-0.4, -0.2) is 30.4 Å². The lowest BCUT2D eigenvalue weighted by atomic mass is 9.70. The molecule has 1 saturated carbocycles. The van der Waals surface area contributed by atoms with E-state index in [4.69, 9.17) is 4.74 Å². The number of rotatable bonds is 1. The van der Waals surface area contributed by atoms with E-state index in [9.17, 15) is 4.79 Å². The van der Waals surface area contributed by atoms with Gasteiger partial charge in [-0.05, 0) is 42.5 Å². The maximum absolute atomic E-state index is 12.7. The highest BCUT2D eigenvalue weighted by Gasteiger charge is 2.53. The van der Waals surface area contributed by atoms with E-state index in [2.05, 4.69) is 24.0 Å². The van der Waals surface area contributed by atoms with Crippen LogP contribution in [-0.2, 0) is 11.2 Å². The van der Waals surface area contributed by atoms with E-state index in [1.165, 1.54) is 24.0 Å². The fourth-order valence-electron chi connectivity index (χ4n) is 4.85. The van der Waals surface area contributed by atoms with Crippen molar-refractivity contribution in [2.75, 3.05) is 13.7 Å². The highest BCUT2D eigenvalue weighted by atomic mass is 16.5. The van der Waals surface area contributed by atoms with Crippen LogP contribution in [0.1, 0.15) is 49.8 Å². The molecule has 0 amide bonds. The lowest BCUT2D eigenvalue weighted by Gasteiger charge is -2.50. The Morgan fingerprint density at radius 2 is 2.24 bits per heavy atom. The van der Waals surface area contributed by atoms with Crippen molar-refractivity contribution in [1.29, 1.82) is 0 Å². The molecule has 1 aromatic carbocycles. The number of methoxy groups -OCH3 is 1. The zero-order valence-electron chi connectivity index (χ0n) is 12.9. The fourth-order valence-corrected chi connectivity index (χ4v) is 4.85. The first-order valence-electron chi connectivity index (χ1n) is 8.09. The summed E-state index contributed by atoms with van der Waals surface area (Å²) in [5.74, 6) is 1.41. The van der Waals surface area contributed by atoms with Gasteiger partial charge in [0.15, 0.2) is 0 Å². The van der Waals surface area contributed by atoms with Crippen molar-refractivity contribution in [2.45, 2.75) is 51.1 Å². The molecule has 3 heteroatoms. The van der Waals surface area contributed by atoms with Crippen molar-refractivity contribution in [3.05, 3.63) is 29.3 Å². The van der Waals surface area contributed by atoms with Gasteiger partial charge in [0.05, 0.1) is 7.11 Å². The zero-order chi connectivity index (χ0) is 14.6. The lowest BCUT2D eigenvalue weighted by Crippen LogP contribution is -2.56. The third kappa shape index (κ3) is 1.80. The van der Waals surface area contributed by atoms with Gasteiger partial charge in [0.1, 0.15) is 11.5 Å². The van der Waals surface area contributed by atoms with Gasteiger partial charge in [0, 0.05) is 30.5 Å². The maximum Gasteiger partial charge on any atom is 0.142 e. The molecular formula is C18H23NO2. The van der Waals surface area contributed by atoms with Crippen LogP contribution in [0.25, 0.3) is 0 Å². The summed E-state index contributed by atoms with van der Waals surface area (Å²) in [5.41, 5.74) is 2.63. The Bertz CT molecular complexity index is 597. The minimum Gasteiger partial charge on any atom is -0.497 e. The topological polar surface area (TPSA) is 29.5 Å². The SMILES string of the molecule is COc1ccc2c(c1)CCN1[C@@H]2CC(=O)[C@]2(C)CCC[C@H]12. The average Bonchev–Trinajstić information content (AvgIpc) is 2.90. The summed E-state index contributed by atoms with van der Waals surface area (Å²) < 4.78 is 5.34. The molecule has 1 aromatic rings. The van der Waals surface area contributed by atoms with Crippen LogP contribution in [0.5, 0.6) is 5.75 Å². The molecule has 1 aliphatic carbocycles. The van der Waals surface area contributed by atoms with Crippen molar-refractivity contribution < 1.29 is 9.53 Å². The van der Waals surface area contributed by atoms with Crippen molar-refractivity contribution in [3.63, 3.8) is 0 Å². The summed E-state index contributed by atoms with van der Waals surface area (Å²) in [4.78, 5) is 15.4. The second kappa shape index (κ2) is 4.57. The third-order valence-electron chi connectivity index (χ3n) is 6.07. The molecule has 0 bridgehead atoms. The molecule has 4 rings (SSSR count). The summed E-state index contributed by atoms with van der Waals surface area (Å²) in [7, 11) is 1.71. The number of benzene rings is 1. The Balaban J connectivity index is 1.74. The molecular weight excluding hydrogens is 262 g/mol. The highest BCUT2D eigenvalue weighted by molar-refractivity contribution is 5.87. The van der Waals surface area contributed by atoms with Crippen molar-refractivity contribution >= 4 is 5.78 Å². The number of nitrogens with zero attached hydrogens (tertiary/aromatic N) is 1. The third-order valence-corrected chi connectivity index (χ3v) is 6.07. The van der Waals surface area contributed by atoms with E-state index in [0.29, 0.717) is 24.3 Å². The quantitative estimate of drug-likeness (QED) is 0.794. The summed E-state index contributed by atoms with van der Waals surface area (Å²) in [6, 6.07) is 7.12. The van der Waals surface area contributed by atoms with Crippen LogP contribution >= 0.6 is 0 Å². The number of carbonyl (C=O) groups excluding carboxylic acids is 1. The van der Waals surface area contributed by atoms with Crippen LogP contribution in [0.15, 0.2) is 18.2 Å². The molecule has 3 atom stereocenters. The van der Waals surface area contributed by atoms with E-state index < -0.39 is 0 Å². The molecule has 2 aliphatic heterocycles. The van der Waals surface area contributed by atoms with Gasteiger partial charge in [-0.3, -0.25) is 9.69 Å². The first kappa shape index (κ1) is 13.3. The second-order valence-corrected chi connectivity index (χ2v) is 7.02. The first-order valence-corrected chi connectivity index (χ1v) is 8.09. The predicted octanol–water partition coefficient (Wildman–Crippen LogP) is 3.13. The number of piperidine rings is 1. The molecule has 0 aromatic heterocycles. The second-order valence-electron chi connectivity index (χ2n) is 7.02. The molecule has 1 saturated heterocycles. The Kier molecular flexibility index (Phi) is 2.90. The van der Waals surface area contributed by atoms with Gasteiger partial charge in [0.2, 0.25) is 0 Å². The Morgan fingerprint density at radius 1 is 1.38 bits per heavy atom. The molecule has 0 radical (unpaired) electrons. The highest BCUT2D eigenvalue weighted by Crippen LogP contribution is 2.52. The molecule has 0 spiro atoms. The number of fused-ring (bicyclic) bond motifs is 5. The number of hydrogen-bond acceptors (Lipinski definition) is 3. The summed E-state index contributed by atoms with van der Waals surface area (Å²) in [6.07, 6.45) is 5.22. The van der Waals surface area contributed by atoms with E-state index in [1.54, 1.807) is 7.11 Å². The van der Waals surface area contributed by atoms with Crippen LogP contribution in [0, 0.1) is 5.41 Å². The molecule has 2 heterocycles. The molecule has 2 fully saturated rings. The van der Waals surface area contributed by atoms with Gasteiger partial charge >= 0.3 is 0 Å². The Hall–Kier alpha value is -1.35. The van der Waals surface area contributed by atoms with Gasteiger partial charge in [0.25, 0.3) is 0 Å². The van der Waals surface area contributed by atoms with E-state index in [1.807, 2.05) is 6.07 Å². The zero-order valence-corrected chi connectivity index (χ0v) is 12.9. The first-order chi connectivity index (χ1) is 10.1. The lowest BCUT2D eigenvalue weighted by molar-refractivity contribution is -0.139. The van der Waals surface area contributed by atoms with Gasteiger partial charge in [-0.15, -0.1) is 0 Å². The minimum atomic E-state index is -0.0829. The maximum atomic E-state index is 12.7. The van der Waals surface area contributed by atoms with E-state index in [-0.39, 0.29) is 5.41 Å². The summed E-state index contributed by atoms with van der Waals surface area (Å²) in [5, 5.41) is 0. The number of ether oxygens (including phenoxy) is 1. The van der Waals surface area contributed by atoms with Crippen molar-refractivity contribution in [1.82, 2.24) is 4.90 Å². The fraction of sp³-hybridized carbons (Fsp3) is 0.611. The number of carbonyl (C=O) groups is 1. The van der Waals surface area contributed by atoms with Gasteiger partial charge in [-0.1, -0.05) is 19.4 Å². The molecule has 3 nitrogen and oxygen atoms in total. The summed E-state index contributed by atoms with van der Waals surface area (Å²) >= 11 is 0. The average molecular weight is 285 g/mol. The smallest absolute Gasteiger partial charge is 0.142 e. The number of ketones is 1. The van der Waals surface area contributed by atoms with Gasteiger partial charge in [-0.2, -0.15) is 0 Å². The largest absolute Gasteiger partial charge is 0.497 e. The van der Waals surface area contributed by atoms with E-state index >= 15 is 0 Å². The van der Waals surface area contributed by atoms with Crippen molar-refractivity contribution in [3.8, 4) is 5.75 Å². The molecule has 3 aliphatic rings. The predicted molar refractivity (Wildman–Crippen MR) is 81.5 cm³/mol. The molecule has 0 N–H and O–H groups in total. The van der Waals surface area contributed by atoms with E-state index in [0.717, 1.165) is 25.1 Å². The number of Topliss-reactive ketones (excluding diaryl/α,β-unsaturated/α-hetero) is 1. The standard InChI is InChI=1S/C18H23NO2/c1-18-8-3-4-16(18)19-9-7-12-10-13(21-2)5-6-14(12)15(19)11-17(18)20/h5-6,10,15-16H,3-4,7-9,11H2,1-2H3/t15-,16+,18-/m1/s1. The monoisotopic (exact) mass is 285 g/mol. The minimum absolute atomic E-state index is 0.0829. The van der Waals surface area contributed by atoms with Gasteiger partial charge < -0.3 is 4.74 Å². The molecule has 112 valence electrons. The molecule has 21 heavy (non-hydrogen) atoms. The van der Waals surface area contributed by atoms with Crippen LogP contribution in [0.4, 0.5) is 0 Å². The molecule has 0 unspecified atom stereocenters. The summed E-state index contributed by atoms with van der Waals surface area (Å²) in [6.45, 7) is 3.28. The normalized spacial score (nSPS) is 35.0. The van der Waals surface area contributed by atoms with Crippen LogP contribution in [0.2, 0.25) is 0 Å². The van der Waals surface area contributed by atoms with Crippen LogP contribution in [0.3, 0.4) is 0 Å². The van der Waals surface area contributed by atoms with Gasteiger partial charge in [-0.25, -0.2) is 0 Å². The van der Waals surface area contributed by atoms with Crippen molar-refractivity contribution in [2.24, 2.45) is 5.41 Å².